The van der Waals surface area contributed by atoms with Crippen molar-refractivity contribution in [2.45, 2.75) is 31.6 Å². The van der Waals surface area contributed by atoms with Gasteiger partial charge in [-0.1, -0.05) is 19.4 Å². The number of rotatable bonds is 1. The number of H-pyrrole nitrogens is 1. The number of imidazole rings is 1. The fraction of sp³-hybridized carbons (Fsp3) is 0.417. The maximum Gasteiger partial charge on any atom is 0.0931 e. The SMILES string of the molecule is CC1(c2ccc3nc[nH]c3c2)CCC1. The Morgan fingerprint density at radius 1 is 1.36 bits per heavy atom. The van der Waals surface area contributed by atoms with Crippen LogP contribution >= 0.6 is 0 Å². The van der Waals surface area contributed by atoms with E-state index in [1.54, 1.807) is 6.33 Å². The molecule has 1 aromatic carbocycles. The largest absolute Gasteiger partial charge is 0.345 e. The van der Waals surface area contributed by atoms with Gasteiger partial charge in [0.1, 0.15) is 0 Å². The van der Waals surface area contributed by atoms with Gasteiger partial charge >= 0.3 is 0 Å². The van der Waals surface area contributed by atoms with Gasteiger partial charge in [0.05, 0.1) is 17.4 Å². The third kappa shape index (κ3) is 0.999. The number of nitrogens with one attached hydrogen (secondary N) is 1. The van der Waals surface area contributed by atoms with E-state index in [2.05, 4.69) is 35.1 Å². The van der Waals surface area contributed by atoms with Gasteiger partial charge in [-0.2, -0.15) is 0 Å². The highest BCUT2D eigenvalue weighted by Crippen LogP contribution is 2.43. The third-order valence-corrected chi connectivity index (χ3v) is 3.57. The average molecular weight is 186 g/mol. The fourth-order valence-corrected chi connectivity index (χ4v) is 2.31. The Balaban J connectivity index is 2.13. The second kappa shape index (κ2) is 2.59. The molecule has 1 saturated carbocycles. The first kappa shape index (κ1) is 8.04. The van der Waals surface area contributed by atoms with Gasteiger partial charge in [0.25, 0.3) is 0 Å². The monoisotopic (exact) mass is 186 g/mol. The quantitative estimate of drug-likeness (QED) is 0.728. The molecule has 1 aromatic heterocycles. The van der Waals surface area contributed by atoms with Gasteiger partial charge in [-0.05, 0) is 36.0 Å². The molecule has 1 fully saturated rings. The molecule has 2 aromatic rings. The number of benzene rings is 1. The van der Waals surface area contributed by atoms with Crippen LogP contribution in [0.5, 0.6) is 0 Å². The second-order valence-electron chi connectivity index (χ2n) is 4.55. The molecule has 1 aliphatic rings. The van der Waals surface area contributed by atoms with Gasteiger partial charge < -0.3 is 4.98 Å². The molecule has 0 aliphatic heterocycles. The molecule has 0 bridgehead atoms. The number of aromatic nitrogens is 2. The maximum absolute atomic E-state index is 4.23. The maximum atomic E-state index is 4.23. The van der Waals surface area contributed by atoms with Gasteiger partial charge in [-0.3, -0.25) is 0 Å². The molecule has 0 spiro atoms. The Labute approximate surface area is 83.4 Å². The Hall–Kier alpha value is -1.31. The molecule has 0 atom stereocenters. The van der Waals surface area contributed by atoms with Crippen LogP contribution in [0.2, 0.25) is 0 Å². The summed E-state index contributed by atoms with van der Waals surface area (Å²) in [6.45, 7) is 2.36. The summed E-state index contributed by atoms with van der Waals surface area (Å²) >= 11 is 0. The predicted molar refractivity (Wildman–Crippen MR) is 57.3 cm³/mol. The van der Waals surface area contributed by atoms with E-state index >= 15 is 0 Å². The van der Waals surface area contributed by atoms with E-state index in [-0.39, 0.29) is 0 Å². The number of fused-ring (bicyclic) bond motifs is 1. The van der Waals surface area contributed by atoms with Gasteiger partial charge in [-0.15, -0.1) is 0 Å². The summed E-state index contributed by atoms with van der Waals surface area (Å²) < 4.78 is 0. The summed E-state index contributed by atoms with van der Waals surface area (Å²) in [6, 6.07) is 6.59. The lowest BCUT2D eigenvalue weighted by molar-refractivity contribution is 0.272. The summed E-state index contributed by atoms with van der Waals surface area (Å²) in [5.74, 6) is 0. The summed E-state index contributed by atoms with van der Waals surface area (Å²) in [6.07, 6.45) is 5.79. The van der Waals surface area contributed by atoms with Crippen molar-refractivity contribution in [3.63, 3.8) is 0 Å². The number of aromatic amines is 1. The number of hydrogen-bond acceptors (Lipinski definition) is 1. The molecular weight excluding hydrogens is 172 g/mol. The molecule has 14 heavy (non-hydrogen) atoms. The van der Waals surface area contributed by atoms with Crippen molar-refractivity contribution in [3.05, 3.63) is 30.1 Å². The summed E-state index contributed by atoms with van der Waals surface area (Å²) in [7, 11) is 0. The summed E-state index contributed by atoms with van der Waals surface area (Å²) in [5, 5.41) is 0. The molecule has 0 amide bonds. The molecule has 72 valence electrons. The topological polar surface area (TPSA) is 28.7 Å². The standard InChI is InChI=1S/C12H14N2/c1-12(5-2-6-12)9-3-4-10-11(7-9)14-8-13-10/h3-4,7-8H,2,5-6H2,1H3,(H,13,14). The lowest BCUT2D eigenvalue weighted by Gasteiger charge is -2.38. The Bertz CT molecular complexity index is 466. The van der Waals surface area contributed by atoms with Gasteiger partial charge in [0, 0.05) is 0 Å². The third-order valence-electron chi connectivity index (χ3n) is 3.57. The minimum absolute atomic E-state index is 0.430. The molecule has 1 aliphatic carbocycles. The second-order valence-corrected chi connectivity index (χ2v) is 4.55. The first-order chi connectivity index (χ1) is 6.78. The summed E-state index contributed by atoms with van der Waals surface area (Å²) in [4.78, 5) is 7.40. The van der Waals surface area contributed by atoms with Crippen LogP contribution in [0.1, 0.15) is 31.7 Å². The van der Waals surface area contributed by atoms with E-state index in [9.17, 15) is 0 Å². The van der Waals surface area contributed by atoms with Crippen LogP contribution in [0.25, 0.3) is 11.0 Å². The first-order valence-corrected chi connectivity index (χ1v) is 5.22. The van der Waals surface area contributed by atoms with Gasteiger partial charge in [0.2, 0.25) is 0 Å². The zero-order valence-electron chi connectivity index (χ0n) is 8.38. The van der Waals surface area contributed by atoms with E-state index in [4.69, 9.17) is 0 Å². The van der Waals surface area contributed by atoms with Crippen LogP contribution in [0.15, 0.2) is 24.5 Å². The van der Waals surface area contributed by atoms with Gasteiger partial charge in [0.15, 0.2) is 0 Å². The normalized spacial score (nSPS) is 19.5. The van der Waals surface area contributed by atoms with E-state index in [1.807, 2.05) is 0 Å². The van der Waals surface area contributed by atoms with Crippen molar-refractivity contribution in [3.8, 4) is 0 Å². The molecule has 1 N–H and O–H groups in total. The first-order valence-electron chi connectivity index (χ1n) is 5.22. The Morgan fingerprint density at radius 3 is 2.93 bits per heavy atom. The molecule has 3 rings (SSSR count). The van der Waals surface area contributed by atoms with E-state index in [1.165, 1.54) is 24.8 Å². The number of hydrogen-bond donors (Lipinski definition) is 1. The van der Waals surface area contributed by atoms with Crippen LogP contribution < -0.4 is 0 Å². The zero-order chi connectivity index (χ0) is 9.60. The molecule has 2 nitrogen and oxygen atoms in total. The van der Waals surface area contributed by atoms with Crippen LogP contribution in [0.3, 0.4) is 0 Å². The molecule has 0 saturated heterocycles. The molecule has 0 radical (unpaired) electrons. The Morgan fingerprint density at radius 2 is 2.21 bits per heavy atom. The van der Waals surface area contributed by atoms with E-state index in [0.29, 0.717) is 5.41 Å². The average Bonchev–Trinajstić information content (AvgIpc) is 2.60. The van der Waals surface area contributed by atoms with E-state index in [0.717, 1.165) is 11.0 Å². The Kier molecular flexibility index (Phi) is 1.49. The fourth-order valence-electron chi connectivity index (χ4n) is 2.31. The molecule has 2 heteroatoms. The van der Waals surface area contributed by atoms with Crippen molar-refractivity contribution in [1.29, 1.82) is 0 Å². The number of nitrogens with zero attached hydrogens (tertiary/aromatic N) is 1. The minimum atomic E-state index is 0.430. The highest BCUT2D eigenvalue weighted by Gasteiger charge is 2.33. The van der Waals surface area contributed by atoms with Crippen molar-refractivity contribution in [1.82, 2.24) is 9.97 Å². The highest BCUT2D eigenvalue weighted by molar-refractivity contribution is 5.75. The molecular formula is C12H14N2. The molecule has 1 heterocycles. The van der Waals surface area contributed by atoms with Crippen molar-refractivity contribution < 1.29 is 0 Å². The van der Waals surface area contributed by atoms with Crippen LogP contribution in [-0.2, 0) is 5.41 Å². The minimum Gasteiger partial charge on any atom is -0.345 e. The van der Waals surface area contributed by atoms with Crippen LogP contribution in [0.4, 0.5) is 0 Å². The van der Waals surface area contributed by atoms with Crippen molar-refractivity contribution in [2.75, 3.05) is 0 Å². The lowest BCUT2D eigenvalue weighted by atomic mass is 9.66. The summed E-state index contributed by atoms with van der Waals surface area (Å²) in [5.41, 5.74) is 4.12. The lowest BCUT2D eigenvalue weighted by Crippen LogP contribution is -2.30. The predicted octanol–water partition coefficient (Wildman–Crippen LogP) is 3.00. The van der Waals surface area contributed by atoms with Crippen molar-refractivity contribution in [2.24, 2.45) is 0 Å². The molecule has 0 unspecified atom stereocenters. The van der Waals surface area contributed by atoms with E-state index < -0.39 is 0 Å². The zero-order valence-corrected chi connectivity index (χ0v) is 8.38. The van der Waals surface area contributed by atoms with Crippen LogP contribution in [0, 0.1) is 0 Å². The van der Waals surface area contributed by atoms with Crippen molar-refractivity contribution >= 4 is 11.0 Å². The van der Waals surface area contributed by atoms with Crippen LogP contribution in [-0.4, -0.2) is 9.97 Å². The van der Waals surface area contributed by atoms with Gasteiger partial charge in [-0.25, -0.2) is 4.98 Å². The smallest absolute Gasteiger partial charge is 0.0931 e. The highest BCUT2D eigenvalue weighted by atomic mass is 14.9.